The van der Waals surface area contributed by atoms with E-state index in [4.69, 9.17) is 14.2 Å². The Morgan fingerprint density at radius 2 is 2.00 bits per heavy atom. The van der Waals surface area contributed by atoms with Gasteiger partial charge in [-0.2, -0.15) is 0 Å². The van der Waals surface area contributed by atoms with Gasteiger partial charge in [-0.15, -0.1) is 0 Å². The van der Waals surface area contributed by atoms with Crippen molar-refractivity contribution in [1.82, 2.24) is 0 Å². The van der Waals surface area contributed by atoms with Crippen molar-refractivity contribution < 1.29 is 23.8 Å². The second-order valence-electron chi connectivity index (χ2n) is 5.11. The van der Waals surface area contributed by atoms with Gasteiger partial charge in [0, 0.05) is 12.7 Å². The third kappa shape index (κ3) is 4.29. The Morgan fingerprint density at radius 1 is 1.24 bits per heavy atom. The van der Waals surface area contributed by atoms with Gasteiger partial charge < -0.3 is 14.2 Å². The fourth-order valence-electron chi connectivity index (χ4n) is 2.45. The molecule has 0 radical (unpaired) electrons. The summed E-state index contributed by atoms with van der Waals surface area (Å²) < 4.78 is 16.0. The molecular weight excluding hydrogens is 272 g/mol. The molecule has 21 heavy (non-hydrogen) atoms. The van der Waals surface area contributed by atoms with Crippen molar-refractivity contribution in [3.05, 3.63) is 29.8 Å². The van der Waals surface area contributed by atoms with E-state index < -0.39 is 5.97 Å². The Kier molecular flexibility index (Phi) is 5.33. The molecule has 0 saturated heterocycles. The Morgan fingerprint density at radius 3 is 2.71 bits per heavy atom. The van der Waals surface area contributed by atoms with Crippen LogP contribution in [0.25, 0.3) is 0 Å². The lowest BCUT2D eigenvalue weighted by atomic mass is 10.1. The van der Waals surface area contributed by atoms with Crippen LogP contribution >= 0.6 is 0 Å². The molecule has 0 unspecified atom stereocenters. The number of ketones is 1. The fourth-order valence-corrected chi connectivity index (χ4v) is 2.45. The van der Waals surface area contributed by atoms with Gasteiger partial charge in [0.25, 0.3) is 0 Å². The molecule has 1 aliphatic carbocycles. The molecule has 1 saturated carbocycles. The maximum absolute atomic E-state index is 11.8. The zero-order valence-corrected chi connectivity index (χ0v) is 12.3. The Labute approximate surface area is 124 Å². The lowest BCUT2D eigenvalue weighted by Gasteiger charge is -2.18. The third-order valence-corrected chi connectivity index (χ3v) is 3.57. The summed E-state index contributed by atoms with van der Waals surface area (Å²) >= 11 is 0. The van der Waals surface area contributed by atoms with Crippen LogP contribution in [0, 0.1) is 0 Å². The first-order valence-corrected chi connectivity index (χ1v) is 7.06. The summed E-state index contributed by atoms with van der Waals surface area (Å²) in [6, 6.07) is 6.74. The summed E-state index contributed by atoms with van der Waals surface area (Å²) in [6.07, 6.45) is 2.53. The largest absolute Gasteiger partial charge is 0.482 e. The first kappa shape index (κ1) is 15.5. The predicted molar refractivity (Wildman–Crippen MR) is 76.5 cm³/mol. The standard InChI is InChI=1S/C16H20O5/c1-11(17)12-5-3-6-13(9-12)20-10-16(18)21-15-8-4-7-14(15)19-2/h3,5-6,9,14-15H,4,7-8,10H2,1-2H3/t14-,15-/m1/s1. The van der Waals surface area contributed by atoms with E-state index in [1.807, 2.05) is 0 Å². The zero-order chi connectivity index (χ0) is 15.2. The molecule has 0 bridgehead atoms. The quantitative estimate of drug-likeness (QED) is 0.595. The van der Waals surface area contributed by atoms with Gasteiger partial charge in [0.2, 0.25) is 0 Å². The maximum Gasteiger partial charge on any atom is 0.344 e. The number of ether oxygens (including phenoxy) is 3. The summed E-state index contributed by atoms with van der Waals surface area (Å²) in [5.41, 5.74) is 0.552. The van der Waals surface area contributed by atoms with Crippen molar-refractivity contribution in [2.24, 2.45) is 0 Å². The van der Waals surface area contributed by atoms with Crippen LogP contribution in [0.5, 0.6) is 5.75 Å². The third-order valence-electron chi connectivity index (χ3n) is 3.57. The Hall–Kier alpha value is -1.88. The summed E-state index contributed by atoms with van der Waals surface area (Å²) in [5.74, 6) is 0.0171. The van der Waals surface area contributed by atoms with E-state index in [1.165, 1.54) is 6.92 Å². The van der Waals surface area contributed by atoms with Gasteiger partial charge in [0.1, 0.15) is 11.9 Å². The average Bonchev–Trinajstić information content (AvgIpc) is 2.92. The van der Waals surface area contributed by atoms with E-state index in [-0.39, 0.29) is 24.6 Å². The molecule has 114 valence electrons. The number of esters is 1. The second-order valence-corrected chi connectivity index (χ2v) is 5.11. The number of Topliss-reactive ketones (excluding diaryl/α,β-unsaturated/α-hetero) is 1. The summed E-state index contributed by atoms with van der Waals surface area (Å²) in [5, 5.41) is 0. The minimum atomic E-state index is -0.419. The molecule has 0 heterocycles. The minimum absolute atomic E-state index is 0.0185. The SMILES string of the molecule is CO[C@@H]1CCC[C@H]1OC(=O)COc1cccc(C(C)=O)c1. The minimum Gasteiger partial charge on any atom is -0.482 e. The zero-order valence-electron chi connectivity index (χ0n) is 12.3. The van der Waals surface area contributed by atoms with Gasteiger partial charge in [-0.05, 0) is 38.3 Å². The van der Waals surface area contributed by atoms with E-state index in [0.717, 1.165) is 19.3 Å². The van der Waals surface area contributed by atoms with Crippen molar-refractivity contribution in [3.8, 4) is 5.75 Å². The first-order chi connectivity index (χ1) is 10.1. The molecule has 2 rings (SSSR count). The van der Waals surface area contributed by atoms with E-state index in [0.29, 0.717) is 11.3 Å². The van der Waals surface area contributed by atoms with Crippen LogP contribution < -0.4 is 4.74 Å². The van der Waals surface area contributed by atoms with Crippen molar-refractivity contribution in [2.75, 3.05) is 13.7 Å². The second kappa shape index (κ2) is 7.22. The highest BCUT2D eigenvalue weighted by Crippen LogP contribution is 2.24. The molecule has 0 aliphatic heterocycles. The van der Waals surface area contributed by atoms with E-state index >= 15 is 0 Å². The molecule has 0 N–H and O–H groups in total. The van der Waals surface area contributed by atoms with Gasteiger partial charge in [-0.1, -0.05) is 12.1 Å². The summed E-state index contributed by atoms with van der Waals surface area (Å²) in [7, 11) is 1.63. The molecule has 0 amide bonds. The van der Waals surface area contributed by atoms with Crippen molar-refractivity contribution in [3.63, 3.8) is 0 Å². The van der Waals surface area contributed by atoms with Gasteiger partial charge >= 0.3 is 5.97 Å². The molecule has 1 aliphatic rings. The number of benzene rings is 1. The van der Waals surface area contributed by atoms with Gasteiger partial charge in [-0.25, -0.2) is 4.79 Å². The average molecular weight is 292 g/mol. The number of rotatable bonds is 6. The van der Waals surface area contributed by atoms with Crippen LogP contribution in [0.3, 0.4) is 0 Å². The van der Waals surface area contributed by atoms with Crippen LogP contribution in [0.4, 0.5) is 0 Å². The molecular formula is C16H20O5. The van der Waals surface area contributed by atoms with Gasteiger partial charge in [0.15, 0.2) is 12.4 Å². The highest BCUT2D eigenvalue weighted by atomic mass is 16.6. The monoisotopic (exact) mass is 292 g/mol. The summed E-state index contributed by atoms with van der Waals surface area (Å²) in [6.45, 7) is 1.31. The highest BCUT2D eigenvalue weighted by Gasteiger charge is 2.30. The number of hydrogen-bond acceptors (Lipinski definition) is 5. The van der Waals surface area contributed by atoms with Gasteiger partial charge in [0.05, 0.1) is 6.10 Å². The van der Waals surface area contributed by atoms with Crippen LogP contribution in [-0.4, -0.2) is 37.7 Å². The molecule has 2 atom stereocenters. The van der Waals surface area contributed by atoms with Crippen LogP contribution in [0.1, 0.15) is 36.5 Å². The summed E-state index contributed by atoms with van der Waals surface area (Å²) in [4.78, 5) is 23.1. The number of methoxy groups -OCH3 is 1. The van der Waals surface area contributed by atoms with Crippen molar-refractivity contribution in [2.45, 2.75) is 38.4 Å². The lowest BCUT2D eigenvalue weighted by molar-refractivity contribution is -0.156. The highest BCUT2D eigenvalue weighted by molar-refractivity contribution is 5.94. The molecule has 0 spiro atoms. The number of carbonyl (C=O) groups excluding carboxylic acids is 2. The van der Waals surface area contributed by atoms with Crippen molar-refractivity contribution >= 4 is 11.8 Å². The molecule has 1 fully saturated rings. The smallest absolute Gasteiger partial charge is 0.344 e. The Balaban J connectivity index is 1.84. The molecule has 1 aromatic rings. The van der Waals surface area contributed by atoms with Crippen LogP contribution in [0.2, 0.25) is 0 Å². The molecule has 5 heteroatoms. The van der Waals surface area contributed by atoms with E-state index in [9.17, 15) is 9.59 Å². The van der Waals surface area contributed by atoms with Crippen molar-refractivity contribution in [1.29, 1.82) is 0 Å². The van der Waals surface area contributed by atoms with E-state index in [2.05, 4.69) is 0 Å². The Bertz CT molecular complexity index is 511. The fraction of sp³-hybridized carbons (Fsp3) is 0.500. The molecule has 1 aromatic carbocycles. The van der Waals surface area contributed by atoms with E-state index in [1.54, 1.807) is 31.4 Å². The molecule has 0 aromatic heterocycles. The van der Waals surface area contributed by atoms with Gasteiger partial charge in [-0.3, -0.25) is 4.79 Å². The number of hydrogen-bond donors (Lipinski definition) is 0. The maximum atomic E-state index is 11.8. The molecule has 5 nitrogen and oxygen atoms in total. The lowest BCUT2D eigenvalue weighted by Crippen LogP contribution is -2.29. The normalized spacial score (nSPS) is 21.0. The van der Waals surface area contributed by atoms with Crippen LogP contribution in [0.15, 0.2) is 24.3 Å². The number of carbonyl (C=O) groups is 2. The van der Waals surface area contributed by atoms with Crippen LogP contribution in [-0.2, 0) is 14.3 Å². The predicted octanol–water partition coefficient (Wildman–Crippen LogP) is 2.38. The topological polar surface area (TPSA) is 61.8 Å². The first-order valence-electron chi connectivity index (χ1n) is 7.06.